The second-order valence-corrected chi connectivity index (χ2v) is 5.75. The predicted molar refractivity (Wildman–Crippen MR) is 71.2 cm³/mol. The number of hydrogen-bond donors (Lipinski definition) is 0. The lowest BCUT2D eigenvalue weighted by Crippen LogP contribution is -2.06. The highest BCUT2D eigenvalue weighted by molar-refractivity contribution is 4.61. The maximum atomic E-state index is 2.43. The molecule has 0 fully saturated rings. The average Bonchev–Trinajstić information content (AvgIpc) is 2.20. The number of unbranched alkanes of at least 4 members (excludes halogenated alkanes) is 3. The molecule has 0 radical (unpaired) electrons. The Kier molecular flexibility index (Phi) is 9.24. The van der Waals surface area contributed by atoms with Crippen LogP contribution in [0.3, 0.4) is 0 Å². The van der Waals surface area contributed by atoms with Crippen LogP contribution in [0.25, 0.3) is 0 Å². The van der Waals surface area contributed by atoms with Gasteiger partial charge in [0.2, 0.25) is 0 Å². The largest absolute Gasteiger partial charge is 0.0654 e. The molecule has 0 rings (SSSR count). The molecule has 0 aromatic heterocycles. The molecule has 0 aliphatic carbocycles. The summed E-state index contributed by atoms with van der Waals surface area (Å²) < 4.78 is 0. The summed E-state index contributed by atoms with van der Waals surface area (Å²) in [6, 6.07) is 0. The summed E-state index contributed by atoms with van der Waals surface area (Å²) in [5.41, 5.74) is 0. The van der Waals surface area contributed by atoms with Gasteiger partial charge in [0, 0.05) is 0 Å². The van der Waals surface area contributed by atoms with Crippen LogP contribution in [0.1, 0.15) is 79.6 Å². The topological polar surface area (TPSA) is 0 Å². The zero-order valence-corrected chi connectivity index (χ0v) is 11.7. The van der Waals surface area contributed by atoms with Gasteiger partial charge in [0.1, 0.15) is 0 Å². The minimum absolute atomic E-state index is 0.859. The van der Waals surface area contributed by atoms with Gasteiger partial charge in [-0.3, -0.25) is 0 Å². The predicted octanol–water partition coefficient (Wildman–Crippen LogP) is 5.67. The number of rotatable bonds is 9. The van der Waals surface area contributed by atoms with E-state index in [4.69, 9.17) is 0 Å². The normalized spacial score (nSPS) is 15.6. The first-order chi connectivity index (χ1) is 7.07. The van der Waals surface area contributed by atoms with E-state index >= 15 is 0 Å². The van der Waals surface area contributed by atoms with Crippen LogP contribution in [0.5, 0.6) is 0 Å². The van der Waals surface area contributed by atoms with E-state index in [0.717, 1.165) is 17.8 Å². The zero-order valence-electron chi connectivity index (χ0n) is 11.7. The van der Waals surface area contributed by atoms with Crippen LogP contribution in [-0.4, -0.2) is 0 Å². The van der Waals surface area contributed by atoms with Gasteiger partial charge in [-0.2, -0.15) is 0 Å². The van der Waals surface area contributed by atoms with Crippen molar-refractivity contribution in [3.63, 3.8) is 0 Å². The molecule has 0 bridgehead atoms. The van der Waals surface area contributed by atoms with Crippen molar-refractivity contribution < 1.29 is 0 Å². The first-order valence-corrected chi connectivity index (χ1v) is 7.07. The van der Waals surface area contributed by atoms with Crippen LogP contribution in [0.15, 0.2) is 0 Å². The first-order valence-electron chi connectivity index (χ1n) is 7.07. The molecular weight excluding hydrogens is 180 g/mol. The maximum absolute atomic E-state index is 2.43. The average molecular weight is 212 g/mol. The zero-order chi connectivity index (χ0) is 11.7. The van der Waals surface area contributed by atoms with Gasteiger partial charge in [-0.05, 0) is 17.8 Å². The lowest BCUT2D eigenvalue weighted by atomic mass is 9.88. The third-order valence-electron chi connectivity index (χ3n) is 3.80. The summed E-state index contributed by atoms with van der Waals surface area (Å²) in [4.78, 5) is 0. The van der Waals surface area contributed by atoms with Gasteiger partial charge in [0.15, 0.2) is 0 Å². The molecule has 0 aromatic carbocycles. The van der Waals surface area contributed by atoms with Crippen molar-refractivity contribution in [1.82, 2.24) is 0 Å². The van der Waals surface area contributed by atoms with E-state index < -0.39 is 0 Å². The Morgan fingerprint density at radius 1 is 0.733 bits per heavy atom. The molecule has 0 aromatic rings. The van der Waals surface area contributed by atoms with Crippen LogP contribution in [0.4, 0.5) is 0 Å². The molecule has 2 unspecified atom stereocenters. The van der Waals surface area contributed by atoms with Crippen molar-refractivity contribution in [2.45, 2.75) is 79.6 Å². The van der Waals surface area contributed by atoms with E-state index in [9.17, 15) is 0 Å². The quantitative estimate of drug-likeness (QED) is 0.432. The third kappa shape index (κ3) is 8.96. The Labute approximate surface area is 97.8 Å². The maximum Gasteiger partial charge on any atom is -0.0420 e. The fourth-order valence-electron chi connectivity index (χ4n) is 1.94. The van der Waals surface area contributed by atoms with Crippen molar-refractivity contribution >= 4 is 0 Å². The van der Waals surface area contributed by atoms with Crippen LogP contribution < -0.4 is 0 Å². The summed E-state index contributed by atoms with van der Waals surface area (Å²) in [5.74, 6) is 2.71. The van der Waals surface area contributed by atoms with Crippen LogP contribution in [0, 0.1) is 17.8 Å². The summed E-state index contributed by atoms with van der Waals surface area (Å²) >= 11 is 0. The fourth-order valence-corrected chi connectivity index (χ4v) is 1.94. The molecule has 2 atom stereocenters. The second kappa shape index (κ2) is 9.24. The number of hydrogen-bond acceptors (Lipinski definition) is 0. The SMILES string of the molecule is CCCCCCC(C)CCC(C)C(C)C. The molecule has 0 saturated carbocycles. The van der Waals surface area contributed by atoms with Crippen LogP contribution in [-0.2, 0) is 0 Å². The van der Waals surface area contributed by atoms with Gasteiger partial charge in [-0.25, -0.2) is 0 Å². The highest BCUT2D eigenvalue weighted by atomic mass is 14.1. The van der Waals surface area contributed by atoms with E-state index in [1.165, 1.54) is 44.9 Å². The molecule has 0 spiro atoms. The van der Waals surface area contributed by atoms with Crippen LogP contribution >= 0.6 is 0 Å². The Morgan fingerprint density at radius 2 is 1.40 bits per heavy atom. The smallest absolute Gasteiger partial charge is 0.0420 e. The van der Waals surface area contributed by atoms with Gasteiger partial charge in [0.05, 0.1) is 0 Å². The summed E-state index contributed by atoms with van der Waals surface area (Å²) in [6.07, 6.45) is 9.99. The molecule has 0 heteroatoms. The standard InChI is InChI=1S/C15H32/c1-6-7-8-9-10-14(4)11-12-15(5)13(2)3/h13-15H,6-12H2,1-5H3. The Balaban J connectivity index is 3.36. The molecule has 0 amide bonds. The summed E-state index contributed by atoms with van der Waals surface area (Å²) in [6.45, 7) is 11.8. The highest BCUT2D eigenvalue weighted by Crippen LogP contribution is 2.22. The van der Waals surface area contributed by atoms with Crippen molar-refractivity contribution in [2.24, 2.45) is 17.8 Å². The van der Waals surface area contributed by atoms with E-state index in [1.807, 2.05) is 0 Å². The van der Waals surface area contributed by atoms with Gasteiger partial charge < -0.3 is 0 Å². The van der Waals surface area contributed by atoms with E-state index in [1.54, 1.807) is 0 Å². The first kappa shape index (κ1) is 15.0. The molecule has 15 heavy (non-hydrogen) atoms. The van der Waals surface area contributed by atoms with Crippen molar-refractivity contribution in [3.8, 4) is 0 Å². The van der Waals surface area contributed by atoms with Crippen molar-refractivity contribution in [3.05, 3.63) is 0 Å². The Morgan fingerprint density at radius 3 is 1.93 bits per heavy atom. The monoisotopic (exact) mass is 212 g/mol. The van der Waals surface area contributed by atoms with Gasteiger partial charge in [-0.15, -0.1) is 0 Å². The third-order valence-corrected chi connectivity index (χ3v) is 3.80. The van der Waals surface area contributed by atoms with E-state index in [2.05, 4.69) is 34.6 Å². The molecule has 0 nitrogen and oxygen atoms in total. The van der Waals surface area contributed by atoms with Crippen molar-refractivity contribution in [2.75, 3.05) is 0 Å². The summed E-state index contributed by atoms with van der Waals surface area (Å²) in [5, 5.41) is 0. The highest BCUT2D eigenvalue weighted by Gasteiger charge is 2.09. The molecular formula is C15H32. The van der Waals surface area contributed by atoms with Crippen LogP contribution in [0.2, 0.25) is 0 Å². The lowest BCUT2D eigenvalue weighted by molar-refractivity contribution is 0.339. The summed E-state index contributed by atoms with van der Waals surface area (Å²) in [7, 11) is 0. The van der Waals surface area contributed by atoms with Gasteiger partial charge in [-0.1, -0.05) is 79.6 Å². The molecule has 92 valence electrons. The Hall–Kier alpha value is 0. The van der Waals surface area contributed by atoms with Gasteiger partial charge >= 0.3 is 0 Å². The van der Waals surface area contributed by atoms with E-state index in [-0.39, 0.29) is 0 Å². The molecule has 0 saturated heterocycles. The van der Waals surface area contributed by atoms with Crippen molar-refractivity contribution in [1.29, 1.82) is 0 Å². The lowest BCUT2D eigenvalue weighted by Gasteiger charge is -2.18. The Bertz CT molecular complexity index is 126. The van der Waals surface area contributed by atoms with Gasteiger partial charge in [0.25, 0.3) is 0 Å². The second-order valence-electron chi connectivity index (χ2n) is 5.75. The fraction of sp³-hybridized carbons (Fsp3) is 1.00. The minimum atomic E-state index is 0.859. The molecule has 0 aliphatic rings. The molecule has 0 aliphatic heterocycles. The molecule has 0 N–H and O–H groups in total. The minimum Gasteiger partial charge on any atom is -0.0654 e. The van der Waals surface area contributed by atoms with E-state index in [0.29, 0.717) is 0 Å². The molecule has 0 heterocycles.